The molecule has 0 saturated carbocycles. The van der Waals surface area contributed by atoms with Crippen LogP contribution in [0.15, 0.2) is 47.4 Å². The molecule has 0 fully saturated rings. The van der Waals surface area contributed by atoms with Crippen molar-refractivity contribution in [1.29, 1.82) is 0 Å². The molecular formula is C18H19NO6S. The molecule has 8 heteroatoms. The summed E-state index contributed by atoms with van der Waals surface area (Å²) in [5.74, 6) is -0.374. The minimum Gasteiger partial charge on any atom is -0.457 e. The van der Waals surface area contributed by atoms with Gasteiger partial charge in [0.1, 0.15) is 11.5 Å². The van der Waals surface area contributed by atoms with Gasteiger partial charge in [0, 0.05) is 12.3 Å². The molecule has 0 radical (unpaired) electrons. The number of benzene rings is 2. The van der Waals surface area contributed by atoms with E-state index < -0.39 is 31.3 Å². The number of rotatable bonds is 6. The van der Waals surface area contributed by atoms with Crippen LogP contribution in [-0.4, -0.2) is 25.6 Å². The molecule has 0 bridgehead atoms. The fraction of sp³-hybridized carbons (Fsp3) is 0.278. The van der Waals surface area contributed by atoms with Gasteiger partial charge in [-0.15, -0.1) is 0 Å². The highest BCUT2D eigenvalue weighted by molar-refractivity contribution is 7.90. The molecule has 0 amide bonds. The van der Waals surface area contributed by atoms with E-state index in [-0.39, 0.29) is 12.2 Å². The maximum Gasteiger partial charge on any atom is 0.338 e. The average Bonchev–Trinajstić information content (AvgIpc) is 2.58. The Morgan fingerprint density at radius 3 is 2.27 bits per heavy atom. The number of esters is 1. The average molecular weight is 377 g/mol. The quantitative estimate of drug-likeness (QED) is 0.434. The lowest BCUT2D eigenvalue weighted by Crippen LogP contribution is -2.08. The number of nitro benzene ring substituents is 1. The Kier molecular flexibility index (Phi) is 5.76. The van der Waals surface area contributed by atoms with Crippen molar-refractivity contribution in [2.45, 2.75) is 31.3 Å². The fourth-order valence-corrected chi connectivity index (χ4v) is 3.16. The van der Waals surface area contributed by atoms with Gasteiger partial charge in [0.2, 0.25) is 0 Å². The van der Waals surface area contributed by atoms with E-state index in [9.17, 15) is 23.3 Å². The first-order chi connectivity index (χ1) is 12.1. The summed E-state index contributed by atoms with van der Waals surface area (Å²) in [5.41, 5.74) is 1.21. The molecule has 7 nitrogen and oxygen atoms in total. The zero-order chi connectivity index (χ0) is 19.5. The second-order valence-corrected chi connectivity index (χ2v) is 8.17. The minimum atomic E-state index is -3.78. The van der Waals surface area contributed by atoms with Gasteiger partial charge in [-0.25, -0.2) is 13.2 Å². The predicted octanol–water partition coefficient (Wildman–Crippen LogP) is 3.48. The Morgan fingerprint density at radius 2 is 1.77 bits per heavy atom. The van der Waals surface area contributed by atoms with E-state index in [2.05, 4.69) is 13.8 Å². The molecule has 26 heavy (non-hydrogen) atoms. The van der Waals surface area contributed by atoms with Crippen LogP contribution in [0.1, 0.15) is 41.3 Å². The van der Waals surface area contributed by atoms with Gasteiger partial charge >= 0.3 is 5.97 Å². The van der Waals surface area contributed by atoms with Gasteiger partial charge in [-0.1, -0.05) is 38.1 Å². The maximum atomic E-state index is 12.1. The van der Waals surface area contributed by atoms with Gasteiger partial charge in [0.25, 0.3) is 5.69 Å². The van der Waals surface area contributed by atoms with Crippen molar-refractivity contribution < 1.29 is 22.9 Å². The van der Waals surface area contributed by atoms with Crippen molar-refractivity contribution in [3.8, 4) is 0 Å². The van der Waals surface area contributed by atoms with Gasteiger partial charge in [0.15, 0.2) is 9.84 Å². The molecule has 2 rings (SSSR count). The third-order valence-corrected chi connectivity index (χ3v) is 4.95. The largest absolute Gasteiger partial charge is 0.457 e. The fourth-order valence-electron chi connectivity index (χ4n) is 2.33. The van der Waals surface area contributed by atoms with Crippen molar-refractivity contribution >= 4 is 21.5 Å². The van der Waals surface area contributed by atoms with Crippen LogP contribution < -0.4 is 0 Å². The minimum absolute atomic E-state index is 0.0127. The summed E-state index contributed by atoms with van der Waals surface area (Å²) in [6, 6.07) is 10.7. The number of carbonyl (C=O) groups excluding carboxylic acids is 1. The number of ether oxygens (including phenoxy) is 1. The Labute approximate surface area is 151 Å². The topological polar surface area (TPSA) is 104 Å². The number of hydrogen-bond donors (Lipinski definition) is 0. The van der Waals surface area contributed by atoms with Crippen LogP contribution in [0.3, 0.4) is 0 Å². The first-order valence-corrected chi connectivity index (χ1v) is 9.73. The van der Waals surface area contributed by atoms with E-state index in [1.807, 2.05) is 24.3 Å². The molecule has 0 atom stereocenters. The lowest BCUT2D eigenvalue weighted by molar-refractivity contribution is -0.387. The molecule has 0 saturated heterocycles. The van der Waals surface area contributed by atoms with Crippen molar-refractivity contribution in [3.63, 3.8) is 0 Å². The van der Waals surface area contributed by atoms with Crippen LogP contribution in [0.4, 0.5) is 5.69 Å². The summed E-state index contributed by atoms with van der Waals surface area (Å²) < 4.78 is 28.4. The lowest BCUT2D eigenvalue weighted by atomic mass is 10.0. The number of nitrogens with zero attached hydrogens (tertiary/aromatic N) is 1. The summed E-state index contributed by atoms with van der Waals surface area (Å²) >= 11 is 0. The van der Waals surface area contributed by atoms with Crippen LogP contribution in [0.25, 0.3) is 0 Å². The third kappa shape index (κ3) is 4.66. The first-order valence-electron chi connectivity index (χ1n) is 7.84. The molecule has 138 valence electrons. The van der Waals surface area contributed by atoms with Gasteiger partial charge < -0.3 is 4.74 Å². The molecule has 2 aromatic carbocycles. The molecule has 2 aromatic rings. The highest BCUT2D eigenvalue weighted by Gasteiger charge is 2.24. The number of hydrogen-bond acceptors (Lipinski definition) is 6. The van der Waals surface area contributed by atoms with Crippen molar-refractivity contribution in [2.24, 2.45) is 0 Å². The highest BCUT2D eigenvalue weighted by atomic mass is 32.2. The molecule has 0 aliphatic heterocycles. The Hall–Kier alpha value is -2.74. The molecule has 0 aromatic heterocycles. The van der Waals surface area contributed by atoms with E-state index in [0.29, 0.717) is 5.92 Å². The van der Waals surface area contributed by atoms with Gasteiger partial charge in [-0.3, -0.25) is 10.1 Å². The number of carbonyl (C=O) groups is 1. The van der Waals surface area contributed by atoms with Crippen molar-refractivity contribution in [3.05, 3.63) is 69.3 Å². The Bertz CT molecular complexity index is 933. The molecule has 0 heterocycles. The maximum absolute atomic E-state index is 12.1. The van der Waals surface area contributed by atoms with Crippen LogP contribution in [0, 0.1) is 10.1 Å². The monoisotopic (exact) mass is 377 g/mol. The first kappa shape index (κ1) is 19.6. The normalized spacial score (nSPS) is 11.4. The molecule has 0 spiro atoms. The zero-order valence-electron chi connectivity index (χ0n) is 14.6. The summed E-state index contributed by atoms with van der Waals surface area (Å²) in [6.07, 6.45) is 0.869. The summed E-state index contributed by atoms with van der Waals surface area (Å²) in [6.45, 7) is 4.16. The SMILES string of the molecule is CC(C)c1ccc(COC(=O)c2ccc(S(C)(=O)=O)c([N+](=O)[O-])c2)cc1. The molecule has 0 unspecified atom stereocenters. The zero-order valence-corrected chi connectivity index (χ0v) is 15.4. The van der Waals surface area contributed by atoms with Crippen molar-refractivity contribution in [2.75, 3.05) is 6.26 Å². The predicted molar refractivity (Wildman–Crippen MR) is 95.9 cm³/mol. The number of nitro groups is 1. The van der Waals surface area contributed by atoms with E-state index >= 15 is 0 Å². The van der Waals surface area contributed by atoms with Crippen LogP contribution in [0.2, 0.25) is 0 Å². The van der Waals surface area contributed by atoms with Crippen LogP contribution >= 0.6 is 0 Å². The molecule has 0 aliphatic rings. The van der Waals surface area contributed by atoms with Crippen LogP contribution in [0.5, 0.6) is 0 Å². The smallest absolute Gasteiger partial charge is 0.338 e. The summed E-state index contributed by atoms with van der Waals surface area (Å²) in [5, 5.41) is 11.1. The molecular weight excluding hydrogens is 358 g/mol. The second kappa shape index (κ2) is 7.65. The molecule has 0 N–H and O–H groups in total. The van der Waals surface area contributed by atoms with E-state index in [1.165, 1.54) is 6.07 Å². The third-order valence-electron chi connectivity index (χ3n) is 3.81. The van der Waals surface area contributed by atoms with Gasteiger partial charge in [-0.05, 0) is 29.2 Å². The van der Waals surface area contributed by atoms with E-state index in [1.54, 1.807) is 0 Å². The van der Waals surface area contributed by atoms with Gasteiger partial charge in [0.05, 0.1) is 10.5 Å². The Morgan fingerprint density at radius 1 is 1.15 bits per heavy atom. The Balaban J connectivity index is 2.17. The number of sulfone groups is 1. The highest BCUT2D eigenvalue weighted by Crippen LogP contribution is 2.25. The van der Waals surface area contributed by atoms with Gasteiger partial charge in [-0.2, -0.15) is 0 Å². The van der Waals surface area contributed by atoms with E-state index in [4.69, 9.17) is 4.74 Å². The summed E-state index contributed by atoms with van der Waals surface area (Å²) in [7, 11) is -3.78. The standard InChI is InChI=1S/C18H19NO6S/c1-12(2)14-6-4-13(5-7-14)11-25-18(20)15-8-9-17(26(3,23)24)16(10-15)19(21)22/h4-10,12H,11H2,1-3H3. The second-order valence-electron chi connectivity index (χ2n) is 6.18. The van der Waals surface area contributed by atoms with Crippen LogP contribution in [-0.2, 0) is 21.2 Å². The van der Waals surface area contributed by atoms with E-state index in [0.717, 1.165) is 29.5 Å². The molecule has 0 aliphatic carbocycles. The lowest BCUT2D eigenvalue weighted by Gasteiger charge is -2.08. The van der Waals surface area contributed by atoms with Crippen molar-refractivity contribution in [1.82, 2.24) is 0 Å². The summed E-state index contributed by atoms with van der Waals surface area (Å²) in [4.78, 5) is 22.0.